The molecule has 0 aromatic heterocycles. The fourth-order valence-corrected chi connectivity index (χ4v) is 1.97. The second kappa shape index (κ2) is 5.58. The smallest absolute Gasteiger partial charge is 0.253 e. The van der Waals surface area contributed by atoms with Crippen LogP contribution >= 0.6 is 0 Å². The van der Waals surface area contributed by atoms with E-state index < -0.39 is 24.3 Å². The average Bonchev–Trinajstić information content (AvgIpc) is 2.38. The Balaban J connectivity index is 2.30. The number of anilines is 2. The normalized spacial score (nSPS) is 12.1. The van der Waals surface area contributed by atoms with E-state index in [1.807, 2.05) is 18.2 Å². The Morgan fingerprint density at radius 2 is 1.85 bits per heavy atom. The van der Waals surface area contributed by atoms with Gasteiger partial charge in [0.2, 0.25) is 5.91 Å². The lowest BCUT2D eigenvalue weighted by Crippen LogP contribution is -2.32. The van der Waals surface area contributed by atoms with E-state index >= 15 is 0 Å². The molecule has 2 aromatic rings. The lowest BCUT2D eigenvalue weighted by atomic mass is 10.1. The first kappa shape index (κ1) is 13.8. The molecule has 2 aromatic carbocycles. The SMILES string of the molecule is NC(=O)CC(O)C(=O)Nc1cccc2cccc(N)c12. The van der Waals surface area contributed by atoms with E-state index in [9.17, 15) is 14.7 Å². The first-order valence-electron chi connectivity index (χ1n) is 6.03. The highest BCUT2D eigenvalue weighted by atomic mass is 16.3. The molecule has 0 spiro atoms. The molecule has 0 aliphatic carbocycles. The number of rotatable bonds is 4. The van der Waals surface area contributed by atoms with Gasteiger partial charge in [-0.2, -0.15) is 0 Å². The second-order valence-corrected chi connectivity index (χ2v) is 4.43. The highest BCUT2D eigenvalue weighted by molar-refractivity contribution is 6.08. The predicted molar refractivity (Wildman–Crippen MR) is 76.8 cm³/mol. The summed E-state index contributed by atoms with van der Waals surface area (Å²) < 4.78 is 0. The Hall–Kier alpha value is -2.60. The summed E-state index contributed by atoms with van der Waals surface area (Å²) in [6.07, 6.45) is -1.90. The van der Waals surface area contributed by atoms with Crippen LogP contribution in [-0.4, -0.2) is 23.0 Å². The monoisotopic (exact) mass is 273 g/mol. The Labute approximate surface area is 115 Å². The first-order chi connectivity index (χ1) is 9.49. The molecule has 0 aliphatic heterocycles. The lowest BCUT2D eigenvalue weighted by molar-refractivity contribution is -0.129. The number of aliphatic hydroxyl groups excluding tert-OH is 1. The molecule has 0 heterocycles. The number of nitrogens with one attached hydrogen (secondary N) is 1. The van der Waals surface area contributed by atoms with E-state index in [1.54, 1.807) is 18.2 Å². The molecule has 1 atom stereocenters. The summed E-state index contributed by atoms with van der Waals surface area (Å²) in [4.78, 5) is 22.5. The van der Waals surface area contributed by atoms with Gasteiger partial charge < -0.3 is 21.9 Å². The van der Waals surface area contributed by atoms with Crippen molar-refractivity contribution in [2.24, 2.45) is 5.73 Å². The zero-order valence-corrected chi connectivity index (χ0v) is 10.7. The van der Waals surface area contributed by atoms with Crippen molar-refractivity contribution in [1.29, 1.82) is 0 Å². The molecule has 1 unspecified atom stereocenters. The van der Waals surface area contributed by atoms with Crippen molar-refractivity contribution in [1.82, 2.24) is 0 Å². The minimum Gasteiger partial charge on any atom is -0.398 e. The molecule has 2 amide bonds. The summed E-state index contributed by atoms with van der Waals surface area (Å²) in [6, 6.07) is 10.7. The maximum atomic E-state index is 11.8. The summed E-state index contributed by atoms with van der Waals surface area (Å²) in [5, 5.41) is 13.7. The van der Waals surface area contributed by atoms with Gasteiger partial charge in [-0.15, -0.1) is 0 Å². The first-order valence-corrected chi connectivity index (χ1v) is 6.03. The van der Waals surface area contributed by atoms with E-state index in [0.29, 0.717) is 16.8 Å². The molecular formula is C14H15N3O3. The van der Waals surface area contributed by atoms with Gasteiger partial charge in [0, 0.05) is 11.1 Å². The number of amides is 2. The third kappa shape index (κ3) is 2.86. The van der Waals surface area contributed by atoms with Crippen LogP contribution in [0.1, 0.15) is 6.42 Å². The molecule has 104 valence electrons. The van der Waals surface area contributed by atoms with Gasteiger partial charge in [0.25, 0.3) is 5.91 Å². The number of carbonyl (C=O) groups is 2. The summed E-state index contributed by atoms with van der Waals surface area (Å²) in [6.45, 7) is 0. The van der Waals surface area contributed by atoms with Crippen LogP contribution in [0.15, 0.2) is 36.4 Å². The minimum atomic E-state index is -1.48. The Morgan fingerprint density at radius 3 is 2.50 bits per heavy atom. The van der Waals surface area contributed by atoms with Gasteiger partial charge in [0.05, 0.1) is 12.1 Å². The highest BCUT2D eigenvalue weighted by Gasteiger charge is 2.18. The molecular weight excluding hydrogens is 258 g/mol. The van der Waals surface area contributed by atoms with Gasteiger partial charge in [-0.25, -0.2) is 0 Å². The van der Waals surface area contributed by atoms with Crippen LogP contribution in [-0.2, 0) is 9.59 Å². The van der Waals surface area contributed by atoms with E-state index in [-0.39, 0.29) is 0 Å². The van der Waals surface area contributed by atoms with Crippen LogP contribution in [0, 0.1) is 0 Å². The number of hydrogen-bond donors (Lipinski definition) is 4. The van der Waals surface area contributed by atoms with Crippen molar-refractivity contribution < 1.29 is 14.7 Å². The second-order valence-electron chi connectivity index (χ2n) is 4.43. The van der Waals surface area contributed by atoms with Crippen molar-refractivity contribution in [2.45, 2.75) is 12.5 Å². The summed E-state index contributed by atoms with van der Waals surface area (Å²) in [5.41, 5.74) is 11.8. The molecule has 2 rings (SSSR count). The van der Waals surface area contributed by atoms with E-state index in [4.69, 9.17) is 11.5 Å². The molecule has 0 saturated heterocycles. The maximum absolute atomic E-state index is 11.8. The standard InChI is InChI=1S/C14H15N3O3/c15-9-5-1-3-8-4-2-6-10(13(8)9)17-14(20)11(18)7-12(16)19/h1-6,11,18H,7,15H2,(H2,16,19)(H,17,20). The van der Waals surface area contributed by atoms with Crippen LogP contribution in [0.25, 0.3) is 10.8 Å². The molecule has 6 heteroatoms. The van der Waals surface area contributed by atoms with Crippen molar-refractivity contribution >= 4 is 34.0 Å². The van der Waals surface area contributed by atoms with Crippen molar-refractivity contribution in [3.05, 3.63) is 36.4 Å². The minimum absolute atomic E-state index is 0.425. The molecule has 6 nitrogen and oxygen atoms in total. The number of carbonyl (C=O) groups excluding carboxylic acids is 2. The van der Waals surface area contributed by atoms with Gasteiger partial charge in [0.1, 0.15) is 6.10 Å². The Morgan fingerprint density at radius 1 is 1.20 bits per heavy atom. The molecule has 0 saturated carbocycles. The van der Waals surface area contributed by atoms with Gasteiger partial charge >= 0.3 is 0 Å². The largest absolute Gasteiger partial charge is 0.398 e. The maximum Gasteiger partial charge on any atom is 0.253 e. The topological polar surface area (TPSA) is 118 Å². The average molecular weight is 273 g/mol. The third-order valence-corrected chi connectivity index (χ3v) is 2.89. The predicted octanol–water partition coefficient (Wildman–Crippen LogP) is 0.597. The number of nitrogen functional groups attached to an aromatic ring is 1. The number of fused-ring (bicyclic) bond motifs is 1. The Bertz CT molecular complexity index is 665. The number of hydrogen-bond acceptors (Lipinski definition) is 4. The van der Waals surface area contributed by atoms with Gasteiger partial charge in [0.15, 0.2) is 0 Å². The quantitative estimate of drug-likeness (QED) is 0.610. The van der Waals surface area contributed by atoms with Crippen LogP contribution in [0.2, 0.25) is 0 Å². The molecule has 0 bridgehead atoms. The molecule has 0 fully saturated rings. The van der Waals surface area contributed by atoms with Gasteiger partial charge in [-0.3, -0.25) is 9.59 Å². The van der Waals surface area contributed by atoms with Gasteiger partial charge in [-0.05, 0) is 17.5 Å². The van der Waals surface area contributed by atoms with Crippen molar-refractivity contribution in [3.63, 3.8) is 0 Å². The van der Waals surface area contributed by atoms with E-state index in [0.717, 1.165) is 5.39 Å². The fraction of sp³-hybridized carbons (Fsp3) is 0.143. The molecule has 0 aliphatic rings. The zero-order chi connectivity index (χ0) is 14.7. The van der Waals surface area contributed by atoms with Crippen LogP contribution in [0.4, 0.5) is 11.4 Å². The van der Waals surface area contributed by atoms with E-state index in [1.165, 1.54) is 0 Å². The van der Waals surface area contributed by atoms with Crippen molar-refractivity contribution in [3.8, 4) is 0 Å². The van der Waals surface area contributed by atoms with E-state index in [2.05, 4.69) is 5.32 Å². The molecule has 6 N–H and O–H groups in total. The number of aliphatic hydroxyl groups is 1. The van der Waals surface area contributed by atoms with Crippen LogP contribution < -0.4 is 16.8 Å². The fourth-order valence-electron chi connectivity index (χ4n) is 1.97. The highest BCUT2D eigenvalue weighted by Crippen LogP contribution is 2.28. The zero-order valence-electron chi connectivity index (χ0n) is 10.7. The molecule has 0 radical (unpaired) electrons. The Kier molecular flexibility index (Phi) is 3.86. The number of benzene rings is 2. The van der Waals surface area contributed by atoms with Crippen molar-refractivity contribution in [2.75, 3.05) is 11.1 Å². The molecule has 20 heavy (non-hydrogen) atoms. The number of primary amides is 1. The summed E-state index contributed by atoms with van der Waals surface area (Å²) >= 11 is 0. The summed E-state index contributed by atoms with van der Waals surface area (Å²) in [5.74, 6) is -1.44. The van der Waals surface area contributed by atoms with Crippen LogP contribution in [0.5, 0.6) is 0 Å². The lowest BCUT2D eigenvalue weighted by Gasteiger charge is -2.13. The number of nitrogens with two attached hydrogens (primary N) is 2. The third-order valence-electron chi connectivity index (χ3n) is 2.89. The van der Waals surface area contributed by atoms with Crippen LogP contribution in [0.3, 0.4) is 0 Å². The van der Waals surface area contributed by atoms with Gasteiger partial charge in [-0.1, -0.05) is 24.3 Å². The summed E-state index contributed by atoms with van der Waals surface area (Å²) in [7, 11) is 0.